The second-order valence-electron chi connectivity index (χ2n) is 5.67. The summed E-state index contributed by atoms with van der Waals surface area (Å²) in [5, 5.41) is 6.23. The van der Waals surface area contributed by atoms with Crippen molar-refractivity contribution in [1.82, 2.24) is 10.6 Å². The van der Waals surface area contributed by atoms with Crippen molar-refractivity contribution in [3.8, 4) is 0 Å². The Morgan fingerprint density at radius 3 is 2.53 bits per heavy atom. The van der Waals surface area contributed by atoms with Crippen LogP contribution in [0.1, 0.15) is 45.4 Å². The van der Waals surface area contributed by atoms with E-state index >= 15 is 0 Å². The molecule has 0 radical (unpaired) electrons. The average Bonchev–Trinajstić information content (AvgIpc) is 2.33. The molecular weight excluding hydrogens is 264 g/mol. The maximum atomic E-state index is 11.9. The Kier molecular flexibility index (Phi) is 7.11. The molecule has 1 heterocycles. The van der Waals surface area contributed by atoms with Gasteiger partial charge in [0, 0.05) is 26.2 Å². The third-order valence-corrected chi connectivity index (χ3v) is 4.11. The first-order chi connectivity index (χ1) is 8.76. The standard InChI is InChI=1S/C14H26N2O2.ClH/c1-2-8-18-14(6-4-3-5-7-14)11-16-13(17)12-9-15-10-12;/h12,15H,2-11H2,1H3,(H,16,17);1H. The van der Waals surface area contributed by atoms with Crippen molar-refractivity contribution in [2.45, 2.75) is 51.0 Å². The van der Waals surface area contributed by atoms with Crippen LogP contribution in [0.5, 0.6) is 0 Å². The van der Waals surface area contributed by atoms with Gasteiger partial charge in [-0.15, -0.1) is 12.4 Å². The van der Waals surface area contributed by atoms with E-state index in [1.54, 1.807) is 0 Å². The van der Waals surface area contributed by atoms with Crippen molar-refractivity contribution in [1.29, 1.82) is 0 Å². The Morgan fingerprint density at radius 2 is 2.00 bits per heavy atom. The summed E-state index contributed by atoms with van der Waals surface area (Å²) in [5.41, 5.74) is -0.0822. The van der Waals surface area contributed by atoms with Crippen LogP contribution in [-0.4, -0.2) is 37.7 Å². The van der Waals surface area contributed by atoms with Gasteiger partial charge in [-0.05, 0) is 19.3 Å². The van der Waals surface area contributed by atoms with Crippen LogP contribution in [0.2, 0.25) is 0 Å². The maximum absolute atomic E-state index is 11.9. The normalized spacial score (nSPS) is 22.2. The van der Waals surface area contributed by atoms with Gasteiger partial charge in [-0.2, -0.15) is 0 Å². The molecule has 1 aliphatic heterocycles. The molecule has 112 valence electrons. The lowest BCUT2D eigenvalue weighted by atomic mass is 9.84. The highest BCUT2D eigenvalue weighted by atomic mass is 35.5. The molecule has 2 N–H and O–H groups in total. The lowest BCUT2D eigenvalue weighted by molar-refractivity contribution is -0.129. The highest BCUT2D eigenvalue weighted by Gasteiger charge is 2.34. The largest absolute Gasteiger partial charge is 0.373 e. The summed E-state index contributed by atoms with van der Waals surface area (Å²) in [4.78, 5) is 11.9. The number of hydrogen-bond acceptors (Lipinski definition) is 3. The predicted octanol–water partition coefficient (Wildman–Crippen LogP) is 1.87. The van der Waals surface area contributed by atoms with Gasteiger partial charge in [-0.3, -0.25) is 4.79 Å². The summed E-state index contributed by atoms with van der Waals surface area (Å²) >= 11 is 0. The average molecular weight is 291 g/mol. The molecule has 0 aromatic rings. The number of carbonyl (C=O) groups excluding carboxylic acids is 1. The third kappa shape index (κ3) is 4.62. The lowest BCUT2D eigenvalue weighted by Gasteiger charge is -2.38. The van der Waals surface area contributed by atoms with Gasteiger partial charge in [-0.1, -0.05) is 26.2 Å². The van der Waals surface area contributed by atoms with Gasteiger partial charge >= 0.3 is 0 Å². The van der Waals surface area contributed by atoms with Crippen molar-refractivity contribution in [2.24, 2.45) is 5.92 Å². The van der Waals surface area contributed by atoms with E-state index < -0.39 is 0 Å². The fourth-order valence-corrected chi connectivity index (χ4v) is 2.75. The molecule has 1 saturated heterocycles. The molecule has 19 heavy (non-hydrogen) atoms. The number of amides is 1. The van der Waals surface area contributed by atoms with Crippen molar-refractivity contribution in [2.75, 3.05) is 26.2 Å². The molecule has 1 aliphatic carbocycles. The molecular formula is C14H27ClN2O2. The summed E-state index contributed by atoms with van der Waals surface area (Å²) in [7, 11) is 0. The number of ether oxygens (including phenoxy) is 1. The first-order valence-corrected chi connectivity index (χ1v) is 7.38. The topological polar surface area (TPSA) is 50.4 Å². The third-order valence-electron chi connectivity index (χ3n) is 4.11. The van der Waals surface area contributed by atoms with Gasteiger partial charge in [-0.25, -0.2) is 0 Å². The van der Waals surface area contributed by atoms with Gasteiger partial charge < -0.3 is 15.4 Å². The zero-order chi connectivity index (χ0) is 12.8. The number of hydrogen-bond donors (Lipinski definition) is 2. The summed E-state index contributed by atoms with van der Waals surface area (Å²) in [5.74, 6) is 0.371. The molecule has 1 amide bonds. The fraction of sp³-hybridized carbons (Fsp3) is 0.929. The smallest absolute Gasteiger partial charge is 0.225 e. The Hall–Kier alpha value is -0.320. The van der Waals surface area contributed by atoms with E-state index in [0.29, 0.717) is 6.54 Å². The van der Waals surface area contributed by atoms with Crippen molar-refractivity contribution in [3.63, 3.8) is 0 Å². The molecule has 2 rings (SSSR count). The summed E-state index contributed by atoms with van der Waals surface area (Å²) < 4.78 is 6.07. The molecule has 5 heteroatoms. The van der Waals surface area contributed by atoms with Crippen LogP contribution in [0.4, 0.5) is 0 Å². The zero-order valence-electron chi connectivity index (χ0n) is 11.9. The van der Waals surface area contributed by atoms with Crippen LogP contribution in [0.15, 0.2) is 0 Å². The van der Waals surface area contributed by atoms with Crippen LogP contribution < -0.4 is 10.6 Å². The van der Waals surface area contributed by atoms with E-state index in [0.717, 1.165) is 39.0 Å². The van der Waals surface area contributed by atoms with Crippen LogP contribution in [0.25, 0.3) is 0 Å². The molecule has 4 nitrogen and oxygen atoms in total. The number of rotatable bonds is 6. The Balaban J connectivity index is 0.00000180. The minimum absolute atomic E-state index is 0. The number of nitrogens with one attached hydrogen (secondary N) is 2. The first kappa shape index (κ1) is 16.7. The van der Waals surface area contributed by atoms with Crippen LogP contribution >= 0.6 is 12.4 Å². The second-order valence-corrected chi connectivity index (χ2v) is 5.67. The van der Waals surface area contributed by atoms with Gasteiger partial charge in [0.15, 0.2) is 0 Å². The minimum atomic E-state index is -0.0822. The highest BCUT2D eigenvalue weighted by molar-refractivity contribution is 5.85. The van der Waals surface area contributed by atoms with Gasteiger partial charge in [0.05, 0.1) is 11.5 Å². The van der Waals surface area contributed by atoms with Crippen molar-refractivity contribution < 1.29 is 9.53 Å². The molecule has 0 bridgehead atoms. The minimum Gasteiger partial charge on any atom is -0.373 e. The van der Waals surface area contributed by atoms with E-state index in [2.05, 4.69) is 17.6 Å². The van der Waals surface area contributed by atoms with Crippen molar-refractivity contribution >= 4 is 18.3 Å². The van der Waals surface area contributed by atoms with Gasteiger partial charge in [0.25, 0.3) is 0 Å². The highest BCUT2D eigenvalue weighted by Crippen LogP contribution is 2.31. The molecule has 2 fully saturated rings. The van der Waals surface area contributed by atoms with E-state index in [9.17, 15) is 4.79 Å². The summed E-state index contributed by atoms with van der Waals surface area (Å²) in [6.07, 6.45) is 6.99. The van der Waals surface area contributed by atoms with Crippen LogP contribution in [0.3, 0.4) is 0 Å². The van der Waals surface area contributed by atoms with Crippen LogP contribution in [0, 0.1) is 5.92 Å². The Labute approximate surface area is 122 Å². The van der Waals surface area contributed by atoms with Gasteiger partial charge in [0.2, 0.25) is 5.91 Å². The molecule has 0 spiro atoms. The monoisotopic (exact) mass is 290 g/mol. The Bertz CT molecular complexity index is 277. The molecule has 2 aliphatic rings. The number of carbonyl (C=O) groups is 1. The van der Waals surface area contributed by atoms with Crippen molar-refractivity contribution in [3.05, 3.63) is 0 Å². The van der Waals surface area contributed by atoms with Gasteiger partial charge in [0.1, 0.15) is 0 Å². The van der Waals surface area contributed by atoms with E-state index in [1.807, 2.05) is 0 Å². The second kappa shape index (κ2) is 8.08. The first-order valence-electron chi connectivity index (χ1n) is 7.38. The summed E-state index contributed by atoms with van der Waals surface area (Å²) in [6, 6.07) is 0. The maximum Gasteiger partial charge on any atom is 0.225 e. The number of halogens is 1. The van der Waals surface area contributed by atoms with E-state index in [4.69, 9.17) is 4.74 Å². The molecule has 0 aromatic heterocycles. The molecule has 0 aromatic carbocycles. The fourth-order valence-electron chi connectivity index (χ4n) is 2.75. The predicted molar refractivity (Wildman–Crippen MR) is 78.7 cm³/mol. The quantitative estimate of drug-likeness (QED) is 0.785. The Morgan fingerprint density at radius 1 is 1.32 bits per heavy atom. The zero-order valence-corrected chi connectivity index (χ0v) is 12.7. The lowest BCUT2D eigenvalue weighted by Crippen LogP contribution is -2.54. The molecule has 0 atom stereocenters. The SMILES string of the molecule is CCCOC1(CNC(=O)C2CNC2)CCCCC1.Cl. The molecule has 1 saturated carbocycles. The molecule has 0 unspecified atom stereocenters. The van der Waals surface area contributed by atoms with E-state index in [1.165, 1.54) is 19.3 Å². The summed E-state index contributed by atoms with van der Waals surface area (Å²) in [6.45, 7) is 5.29. The van der Waals surface area contributed by atoms with E-state index in [-0.39, 0.29) is 29.8 Å². The van der Waals surface area contributed by atoms with Crippen LogP contribution in [-0.2, 0) is 9.53 Å².